The second-order valence-corrected chi connectivity index (χ2v) is 3.63. The molecule has 3 atom stereocenters. The van der Waals surface area contributed by atoms with Crippen molar-refractivity contribution in [3.8, 4) is 0 Å². The molecular weight excluding hydrogens is 172 g/mol. The minimum absolute atomic E-state index is 0.0172. The van der Waals surface area contributed by atoms with E-state index in [4.69, 9.17) is 14.6 Å². The number of aliphatic carboxylic acids is 1. The van der Waals surface area contributed by atoms with Crippen molar-refractivity contribution in [1.82, 2.24) is 0 Å². The molecule has 0 aromatic rings. The van der Waals surface area contributed by atoms with Gasteiger partial charge < -0.3 is 14.6 Å². The molecule has 4 heteroatoms. The first-order chi connectivity index (χ1) is 6.27. The highest BCUT2D eigenvalue weighted by molar-refractivity contribution is 5.72. The highest BCUT2D eigenvalue weighted by atomic mass is 16.6. The standard InChI is InChI=1S/C9H14O4/c10-9(11)8-4-3-7(13-8)6-2-1-5-12-6/h6-8H,1-5H2,(H,10,11)/t6-,7+,8+/m1/s1. The molecule has 74 valence electrons. The van der Waals surface area contributed by atoms with Crippen molar-refractivity contribution in [3.63, 3.8) is 0 Å². The van der Waals surface area contributed by atoms with E-state index in [1.807, 2.05) is 0 Å². The van der Waals surface area contributed by atoms with Gasteiger partial charge in [0.2, 0.25) is 0 Å². The third-order valence-corrected chi connectivity index (χ3v) is 2.71. The summed E-state index contributed by atoms with van der Waals surface area (Å²) in [7, 11) is 0. The molecular formula is C9H14O4. The minimum Gasteiger partial charge on any atom is -0.479 e. The number of carbonyl (C=O) groups is 1. The molecule has 0 aliphatic carbocycles. The van der Waals surface area contributed by atoms with Gasteiger partial charge in [-0.05, 0) is 25.7 Å². The van der Waals surface area contributed by atoms with Gasteiger partial charge in [-0.15, -0.1) is 0 Å². The van der Waals surface area contributed by atoms with Gasteiger partial charge in [-0.3, -0.25) is 0 Å². The van der Waals surface area contributed by atoms with Crippen LogP contribution < -0.4 is 0 Å². The average Bonchev–Trinajstić information content (AvgIpc) is 2.75. The fourth-order valence-electron chi connectivity index (χ4n) is 2.01. The smallest absolute Gasteiger partial charge is 0.332 e. The Morgan fingerprint density at radius 3 is 2.62 bits per heavy atom. The van der Waals surface area contributed by atoms with Crippen LogP contribution in [0.5, 0.6) is 0 Å². The molecule has 0 aromatic carbocycles. The van der Waals surface area contributed by atoms with Gasteiger partial charge >= 0.3 is 5.97 Å². The maximum Gasteiger partial charge on any atom is 0.332 e. The predicted octanol–water partition coefficient (Wildman–Crippen LogP) is 0.798. The number of carboxylic acid groups (broad SMARTS) is 1. The Kier molecular flexibility index (Phi) is 2.51. The van der Waals surface area contributed by atoms with Crippen LogP contribution in [0.25, 0.3) is 0 Å². The molecule has 0 unspecified atom stereocenters. The fraction of sp³-hybridized carbons (Fsp3) is 0.889. The van der Waals surface area contributed by atoms with Gasteiger partial charge in [-0.25, -0.2) is 4.79 Å². The highest BCUT2D eigenvalue weighted by Crippen LogP contribution is 2.28. The molecule has 0 aromatic heterocycles. The Hall–Kier alpha value is -0.610. The zero-order valence-corrected chi connectivity index (χ0v) is 7.44. The summed E-state index contributed by atoms with van der Waals surface area (Å²) in [4.78, 5) is 10.6. The summed E-state index contributed by atoms with van der Waals surface area (Å²) in [5.41, 5.74) is 0. The Morgan fingerprint density at radius 1 is 1.23 bits per heavy atom. The van der Waals surface area contributed by atoms with Crippen LogP contribution in [0.2, 0.25) is 0 Å². The zero-order chi connectivity index (χ0) is 9.26. The summed E-state index contributed by atoms with van der Waals surface area (Å²) in [5, 5.41) is 8.71. The molecule has 2 rings (SSSR count). The molecule has 2 aliphatic heterocycles. The number of ether oxygens (including phenoxy) is 2. The lowest BCUT2D eigenvalue weighted by Gasteiger charge is -2.17. The Morgan fingerprint density at radius 2 is 2.08 bits per heavy atom. The van der Waals surface area contributed by atoms with Crippen molar-refractivity contribution in [2.24, 2.45) is 0 Å². The van der Waals surface area contributed by atoms with Crippen LogP contribution in [-0.2, 0) is 14.3 Å². The first kappa shape index (κ1) is 8.97. The Labute approximate surface area is 76.8 Å². The van der Waals surface area contributed by atoms with Gasteiger partial charge in [0.1, 0.15) is 0 Å². The van der Waals surface area contributed by atoms with Gasteiger partial charge in [-0.2, -0.15) is 0 Å². The topological polar surface area (TPSA) is 55.8 Å². The van der Waals surface area contributed by atoms with Gasteiger partial charge in [0.25, 0.3) is 0 Å². The summed E-state index contributed by atoms with van der Waals surface area (Å²) in [5.74, 6) is -0.847. The summed E-state index contributed by atoms with van der Waals surface area (Å²) >= 11 is 0. The van der Waals surface area contributed by atoms with Crippen molar-refractivity contribution in [2.75, 3.05) is 6.61 Å². The van der Waals surface area contributed by atoms with E-state index in [-0.39, 0.29) is 12.2 Å². The second kappa shape index (κ2) is 3.64. The summed E-state index contributed by atoms with van der Waals surface area (Å²) in [6, 6.07) is 0. The van der Waals surface area contributed by atoms with Gasteiger partial charge in [0.05, 0.1) is 12.2 Å². The summed E-state index contributed by atoms with van der Waals surface area (Å²) < 4.78 is 10.8. The van der Waals surface area contributed by atoms with Crippen LogP contribution in [0.3, 0.4) is 0 Å². The van der Waals surface area contributed by atoms with Gasteiger partial charge in [0, 0.05) is 6.61 Å². The average molecular weight is 186 g/mol. The van der Waals surface area contributed by atoms with E-state index in [2.05, 4.69) is 0 Å². The number of hydrogen-bond donors (Lipinski definition) is 1. The van der Waals surface area contributed by atoms with E-state index in [9.17, 15) is 4.79 Å². The van der Waals surface area contributed by atoms with Crippen LogP contribution >= 0.6 is 0 Å². The predicted molar refractivity (Wildman–Crippen MR) is 44.5 cm³/mol. The van der Waals surface area contributed by atoms with Crippen molar-refractivity contribution in [2.45, 2.75) is 44.0 Å². The molecule has 2 saturated heterocycles. The maximum absolute atomic E-state index is 10.6. The third kappa shape index (κ3) is 1.84. The summed E-state index contributed by atoms with van der Waals surface area (Å²) in [6.45, 7) is 0.794. The number of carboxylic acids is 1. The molecule has 0 amide bonds. The molecule has 0 spiro atoms. The van der Waals surface area contributed by atoms with Crippen LogP contribution in [-0.4, -0.2) is 36.0 Å². The molecule has 2 aliphatic rings. The molecule has 2 fully saturated rings. The lowest BCUT2D eigenvalue weighted by molar-refractivity contribution is -0.152. The normalized spacial score (nSPS) is 39.5. The van der Waals surface area contributed by atoms with Crippen molar-refractivity contribution in [1.29, 1.82) is 0 Å². The molecule has 1 N–H and O–H groups in total. The molecule has 4 nitrogen and oxygen atoms in total. The molecule has 0 bridgehead atoms. The maximum atomic E-state index is 10.6. The van der Waals surface area contributed by atoms with Crippen molar-refractivity contribution >= 4 is 5.97 Å². The third-order valence-electron chi connectivity index (χ3n) is 2.71. The van der Waals surface area contributed by atoms with E-state index in [1.165, 1.54) is 0 Å². The quantitative estimate of drug-likeness (QED) is 0.693. The van der Waals surface area contributed by atoms with Crippen molar-refractivity contribution in [3.05, 3.63) is 0 Å². The lowest BCUT2D eigenvalue weighted by atomic mass is 10.1. The fourth-order valence-corrected chi connectivity index (χ4v) is 2.01. The van der Waals surface area contributed by atoms with Crippen LogP contribution in [0.15, 0.2) is 0 Å². The molecule has 13 heavy (non-hydrogen) atoms. The number of hydrogen-bond acceptors (Lipinski definition) is 3. The summed E-state index contributed by atoms with van der Waals surface area (Å²) in [6.07, 6.45) is 3.09. The molecule has 0 saturated carbocycles. The van der Waals surface area contributed by atoms with E-state index >= 15 is 0 Å². The van der Waals surface area contributed by atoms with E-state index < -0.39 is 12.1 Å². The van der Waals surface area contributed by atoms with Crippen LogP contribution in [0.1, 0.15) is 25.7 Å². The monoisotopic (exact) mass is 186 g/mol. The van der Waals surface area contributed by atoms with Crippen LogP contribution in [0.4, 0.5) is 0 Å². The van der Waals surface area contributed by atoms with Crippen LogP contribution in [0, 0.1) is 0 Å². The molecule has 2 heterocycles. The second-order valence-electron chi connectivity index (χ2n) is 3.63. The Bertz CT molecular complexity index is 198. The van der Waals surface area contributed by atoms with Crippen molar-refractivity contribution < 1.29 is 19.4 Å². The van der Waals surface area contributed by atoms with Gasteiger partial charge in [0.15, 0.2) is 6.10 Å². The largest absolute Gasteiger partial charge is 0.479 e. The highest BCUT2D eigenvalue weighted by Gasteiger charge is 2.36. The van der Waals surface area contributed by atoms with Gasteiger partial charge in [-0.1, -0.05) is 0 Å². The number of rotatable bonds is 2. The zero-order valence-electron chi connectivity index (χ0n) is 7.44. The van der Waals surface area contributed by atoms with E-state index in [0.717, 1.165) is 25.9 Å². The lowest BCUT2D eigenvalue weighted by Crippen LogP contribution is -2.28. The minimum atomic E-state index is -0.847. The Balaban J connectivity index is 1.86. The first-order valence-corrected chi connectivity index (χ1v) is 4.77. The van der Waals surface area contributed by atoms with E-state index in [1.54, 1.807) is 0 Å². The first-order valence-electron chi connectivity index (χ1n) is 4.77. The van der Waals surface area contributed by atoms with E-state index in [0.29, 0.717) is 6.42 Å². The SMILES string of the molecule is O=C(O)[C@@H]1CC[C@@H]([C@H]2CCCO2)O1. The molecule has 0 radical (unpaired) electrons.